The fourth-order valence-electron chi connectivity index (χ4n) is 1.79. The van der Waals surface area contributed by atoms with Gasteiger partial charge < -0.3 is 18.4 Å². The van der Waals surface area contributed by atoms with Gasteiger partial charge in [0.2, 0.25) is 0 Å². The average molecular weight is 351 g/mol. The summed E-state index contributed by atoms with van der Waals surface area (Å²) in [5, 5.41) is 19.4. The minimum absolute atomic E-state index is 0.0160. The Morgan fingerprint density at radius 1 is 1.05 bits per heavy atom. The van der Waals surface area contributed by atoms with Crippen LogP contribution in [0.25, 0.3) is 0 Å². The molecule has 0 aliphatic rings. The third-order valence-electron chi connectivity index (χ3n) is 2.76. The number of aliphatic hydroxyl groups is 1. The summed E-state index contributed by atoms with van der Waals surface area (Å²) in [5.41, 5.74) is -0.336. The predicted molar refractivity (Wildman–Crippen MR) is 93.0 cm³/mol. The maximum absolute atomic E-state index is 11.1. The van der Waals surface area contributed by atoms with Gasteiger partial charge in [0.1, 0.15) is 5.76 Å². The van der Waals surface area contributed by atoms with Crippen molar-refractivity contribution in [1.82, 2.24) is 0 Å². The molecule has 0 amide bonds. The molecule has 0 aliphatic heterocycles. The third-order valence-corrected chi connectivity index (χ3v) is 11.7. The van der Waals surface area contributed by atoms with Gasteiger partial charge in [-0.2, -0.15) is 0 Å². The number of carbonyl (C=O) groups is 1. The van der Waals surface area contributed by atoms with Gasteiger partial charge in [0.15, 0.2) is 16.6 Å². The molecule has 0 aromatic rings. The molecule has 0 aromatic carbocycles. The maximum Gasteiger partial charge on any atom is 0.334 e. The van der Waals surface area contributed by atoms with Crippen molar-refractivity contribution in [2.75, 3.05) is 0 Å². The fourth-order valence-corrected chi connectivity index (χ4v) is 10.2. The van der Waals surface area contributed by atoms with Gasteiger partial charge in [-0.3, -0.25) is 0 Å². The highest BCUT2D eigenvalue weighted by Crippen LogP contribution is 2.30. The standard InChI is InChI=1S/C13H30O5Si3/c1-9-11(12(14)10(2)13(15)16)19(17-20(3,4)5)18-21(6,7)8/h11,14,19H,9H2,1-8H3,(H,15,16). The van der Waals surface area contributed by atoms with Crippen LogP contribution in [-0.2, 0) is 13.0 Å². The molecule has 1 unspecified atom stereocenters. The Bertz CT molecular complexity index is 380. The van der Waals surface area contributed by atoms with Crippen molar-refractivity contribution in [3.8, 4) is 0 Å². The molecule has 0 aliphatic carbocycles. The van der Waals surface area contributed by atoms with E-state index in [0.717, 1.165) is 0 Å². The first-order valence-electron chi connectivity index (χ1n) is 7.27. The molecule has 2 N–H and O–H groups in total. The largest absolute Gasteiger partial charge is 0.512 e. The van der Waals surface area contributed by atoms with E-state index >= 15 is 0 Å². The Labute approximate surface area is 132 Å². The van der Waals surface area contributed by atoms with Gasteiger partial charge in [-0.15, -0.1) is 0 Å². The summed E-state index contributed by atoms with van der Waals surface area (Å²) in [4.78, 5) is 11.1. The van der Waals surface area contributed by atoms with E-state index in [1.807, 2.05) is 6.92 Å². The first kappa shape index (κ1) is 20.6. The van der Waals surface area contributed by atoms with Gasteiger partial charge in [-0.25, -0.2) is 4.79 Å². The monoisotopic (exact) mass is 350 g/mol. The van der Waals surface area contributed by atoms with Crippen molar-refractivity contribution in [3.05, 3.63) is 11.3 Å². The van der Waals surface area contributed by atoms with E-state index in [9.17, 15) is 9.90 Å². The van der Waals surface area contributed by atoms with Gasteiger partial charge in [0, 0.05) is 0 Å². The Morgan fingerprint density at radius 3 is 1.67 bits per heavy atom. The summed E-state index contributed by atoms with van der Waals surface area (Å²) in [6, 6.07) is 0. The molecule has 1 atom stereocenters. The lowest BCUT2D eigenvalue weighted by Crippen LogP contribution is -2.46. The highest BCUT2D eigenvalue weighted by Gasteiger charge is 2.37. The smallest absolute Gasteiger partial charge is 0.334 e. The van der Waals surface area contributed by atoms with Gasteiger partial charge in [0.05, 0.1) is 11.1 Å². The number of aliphatic hydroxyl groups excluding tert-OH is 1. The second kappa shape index (κ2) is 7.73. The summed E-state index contributed by atoms with van der Waals surface area (Å²) in [7, 11) is -5.86. The van der Waals surface area contributed by atoms with Gasteiger partial charge >= 0.3 is 15.3 Å². The highest BCUT2D eigenvalue weighted by molar-refractivity contribution is 6.81. The highest BCUT2D eigenvalue weighted by atomic mass is 28.4. The number of hydrogen-bond acceptors (Lipinski definition) is 4. The summed E-state index contributed by atoms with van der Waals surface area (Å²) in [6.07, 6.45) is 0.613. The predicted octanol–water partition coefficient (Wildman–Crippen LogP) is 3.61. The second-order valence-electron chi connectivity index (χ2n) is 7.16. The molecule has 0 saturated heterocycles. The molecule has 5 nitrogen and oxygen atoms in total. The molecule has 0 bridgehead atoms. The molecule has 124 valence electrons. The first-order chi connectivity index (χ1) is 9.28. The van der Waals surface area contributed by atoms with Crippen LogP contribution in [-0.4, -0.2) is 42.1 Å². The molecule has 0 heterocycles. The first-order valence-corrected chi connectivity index (χ1v) is 15.7. The number of carboxylic acids is 1. The lowest BCUT2D eigenvalue weighted by molar-refractivity contribution is -0.132. The molecule has 0 spiro atoms. The number of aliphatic carboxylic acids is 1. The minimum Gasteiger partial charge on any atom is -0.512 e. The van der Waals surface area contributed by atoms with Crippen LogP contribution in [0.5, 0.6) is 0 Å². The van der Waals surface area contributed by atoms with E-state index in [0.29, 0.717) is 6.42 Å². The van der Waals surface area contributed by atoms with Gasteiger partial charge in [-0.05, 0) is 52.6 Å². The zero-order valence-corrected chi connectivity index (χ0v) is 17.6. The molecular formula is C13H30O5Si3. The Morgan fingerprint density at radius 2 is 1.43 bits per heavy atom. The van der Waals surface area contributed by atoms with Crippen LogP contribution >= 0.6 is 0 Å². The van der Waals surface area contributed by atoms with Crippen LogP contribution in [0.3, 0.4) is 0 Å². The van der Waals surface area contributed by atoms with Crippen molar-refractivity contribution in [3.63, 3.8) is 0 Å². The van der Waals surface area contributed by atoms with E-state index in [2.05, 4.69) is 39.3 Å². The van der Waals surface area contributed by atoms with Gasteiger partial charge in [-0.1, -0.05) is 6.92 Å². The second-order valence-corrected chi connectivity index (χ2v) is 19.0. The van der Waals surface area contributed by atoms with Crippen molar-refractivity contribution < 1.29 is 23.2 Å². The molecule has 0 fully saturated rings. The molecule has 0 aromatic heterocycles. The van der Waals surface area contributed by atoms with E-state index in [1.165, 1.54) is 6.92 Å². The fraction of sp³-hybridized carbons (Fsp3) is 0.769. The minimum atomic E-state index is -2.20. The lowest BCUT2D eigenvalue weighted by Gasteiger charge is -2.34. The summed E-state index contributed by atoms with van der Waals surface area (Å²) < 4.78 is 12.4. The van der Waals surface area contributed by atoms with Crippen LogP contribution in [0.15, 0.2) is 11.3 Å². The SMILES string of the molecule is CCC(C(O)=C(C)C(=O)O)[SiH](O[Si](C)(C)C)O[Si](C)(C)C. The lowest BCUT2D eigenvalue weighted by atomic mass is 10.2. The quantitative estimate of drug-likeness (QED) is 0.397. The van der Waals surface area contributed by atoms with Crippen molar-refractivity contribution in [2.45, 2.75) is 65.1 Å². The third kappa shape index (κ3) is 7.96. The zero-order chi connectivity index (χ0) is 17.0. The van der Waals surface area contributed by atoms with Crippen LogP contribution in [0.4, 0.5) is 0 Å². The van der Waals surface area contributed by atoms with Gasteiger partial charge in [0.25, 0.3) is 0 Å². The summed E-state index contributed by atoms with van der Waals surface area (Å²) >= 11 is 0. The Kier molecular flexibility index (Phi) is 7.57. The zero-order valence-electron chi connectivity index (χ0n) is 14.5. The topological polar surface area (TPSA) is 76.0 Å². The van der Waals surface area contributed by atoms with E-state index in [-0.39, 0.29) is 16.9 Å². The van der Waals surface area contributed by atoms with Crippen molar-refractivity contribution in [1.29, 1.82) is 0 Å². The molecule has 0 radical (unpaired) electrons. The molecule has 0 rings (SSSR count). The van der Waals surface area contributed by atoms with Crippen LogP contribution in [0.1, 0.15) is 20.3 Å². The molecule has 0 saturated carbocycles. The summed E-state index contributed by atoms with van der Waals surface area (Å²) in [6.45, 7) is 15.8. The molecular weight excluding hydrogens is 320 g/mol. The Hall–Kier alpha value is -0.419. The van der Waals surface area contributed by atoms with Crippen molar-refractivity contribution >= 4 is 31.9 Å². The average Bonchev–Trinajstić information content (AvgIpc) is 2.23. The number of carboxylic acid groups (broad SMARTS) is 1. The normalized spacial score (nSPS) is 15.9. The van der Waals surface area contributed by atoms with E-state index in [1.54, 1.807) is 0 Å². The Balaban J connectivity index is 5.54. The van der Waals surface area contributed by atoms with Crippen LogP contribution in [0.2, 0.25) is 44.8 Å². The van der Waals surface area contributed by atoms with E-state index < -0.39 is 31.9 Å². The number of hydrogen-bond donors (Lipinski definition) is 2. The van der Waals surface area contributed by atoms with E-state index in [4.69, 9.17) is 13.3 Å². The number of allylic oxidation sites excluding steroid dienone is 1. The van der Waals surface area contributed by atoms with Crippen LogP contribution in [0, 0.1) is 0 Å². The molecule has 8 heteroatoms. The molecule has 21 heavy (non-hydrogen) atoms. The summed E-state index contributed by atoms with van der Waals surface area (Å²) in [5.74, 6) is -1.18. The van der Waals surface area contributed by atoms with Crippen LogP contribution < -0.4 is 0 Å². The van der Waals surface area contributed by atoms with Crippen molar-refractivity contribution in [2.24, 2.45) is 0 Å². The number of rotatable bonds is 8. The maximum atomic E-state index is 11.1.